The van der Waals surface area contributed by atoms with E-state index in [1.54, 1.807) is 43.0 Å². The van der Waals surface area contributed by atoms with Crippen molar-refractivity contribution in [1.82, 2.24) is 14.9 Å². The first-order valence-electron chi connectivity index (χ1n) is 7.78. The second-order valence-corrected chi connectivity index (χ2v) is 8.78. The molecule has 0 radical (unpaired) electrons. The maximum atomic E-state index is 12.4. The molecule has 130 valence electrons. The number of hydrogen-bond acceptors (Lipinski definition) is 4. The van der Waals surface area contributed by atoms with Crippen molar-refractivity contribution >= 4 is 21.3 Å². The standard InChI is InChI=1S/C17H24N4O2S/c1-13(12-21-10-9-18-14(21)2)11-19-17(22)15-7-5-6-8-16(15)20-24(3,4)23/h5-10,13H,11-12H2,1-4H3,(H,19,22). The van der Waals surface area contributed by atoms with E-state index in [1.807, 2.05) is 13.1 Å². The number of nitrogens with one attached hydrogen (secondary N) is 1. The highest BCUT2D eigenvalue weighted by molar-refractivity contribution is 7.92. The summed E-state index contributed by atoms with van der Waals surface area (Å²) in [6.07, 6.45) is 6.81. The molecule has 0 saturated heterocycles. The van der Waals surface area contributed by atoms with E-state index in [0.29, 0.717) is 17.8 Å². The second-order valence-electron chi connectivity index (χ2n) is 6.23. The van der Waals surface area contributed by atoms with Crippen LogP contribution in [0.25, 0.3) is 0 Å². The Bertz CT molecular complexity index is 827. The molecule has 1 heterocycles. The molecule has 1 atom stereocenters. The van der Waals surface area contributed by atoms with E-state index in [1.165, 1.54) is 0 Å². The van der Waals surface area contributed by atoms with Crippen LogP contribution < -0.4 is 5.32 Å². The molecule has 0 saturated carbocycles. The molecule has 7 heteroatoms. The lowest BCUT2D eigenvalue weighted by Gasteiger charge is -2.15. The summed E-state index contributed by atoms with van der Waals surface area (Å²) in [5.74, 6) is 1.01. The molecular weight excluding hydrogens is 324 g/mol. The fourth-order valence-electron chi connectivity index (χ4n) is 2.34. The zero-order chi connectivity index (χ0) is 17.7. The lowest BCUT2D eigenvalue weighted by molar-refractivity contribution is 0.0947. The van der Waals surface area contributed by atoms with Gasteiger partial charge >= 0.3 is 0 Å². The number of nitrogens with zero attached hydrogens (tertiary/aromatic N) is 3. The Kier molecular flexibility index (Phi) is 5.77. The van der Waals surface area contributed by atoms with Gasteiger partial charge in [-0.1, -0.05) is 19.1 Å². The molecule has 1 aromatic carbocycles. The zero-order valence-electron chi connectivity index (χ0n) is 14.5. The summed E-state index contributed by atoms with van der Waals surface area (Å²) in [7, 11) is -2.32. The van der Waals surface area contributed by atoms with Crippen molar-refractivity contribution in [2.45, 2.75) is 20.4 Å². The van der Waals surface area contributed by atoms with E-state index in [4.69, 9.17) is 0 Å². The van der Waals surface area contributed by atoms with Gasteiger partial charge in [0.15, 0.2) is 0 Å². The Morgan fingerprint density at radius 2 is 2.08 bits per heavy atom. The van der Waals surface area contributed by atoms with Gasteiger partial charge in [-0.15, -0.1) is 0 Å². The molecule has 6 nitrogen and oxygen atoms in total. The molecule has 0 fully saturated rings. The van der Waals surface area contributed by atoms with Crippen LogP contribution in [0.3, 0.4) is 0 Å². The van der Waals surface area contributed by atoms with Crippen LogP contribution in [-0.2, 0) is 16.3 Å². The highest BCUT2D eigenvalue weighted by Crippen LogP contribution is 2.20. The molecule has 2 rings (SSSR count). The number of carbonyl (C=O) groups excluding carboxylic acids is 1. The highest BCUT2D eigenvalue weighted by Gasteiger charge is 2.13. The largest absolute Gasteiger partial charge is 0.352 e. The molecule has 2 aromatic rings. The lowest BCUT2D eigenvalue weighted by atomic mass is 10.1. The second kappa shape index (κ2) is 7.61. The Morgan fingerprint density at radius 1 is 1.38 bits per heavy atom. The molecule has 0 aliphatic rings. The number of hydrogen-bond donors (Lipinski definition) is 1. The van der Waals surface area contributed by atoms with Crippen molar-refractivity contribution in [1.29, 1.82) is 0 Å². The summed E-state index contributed by atoms with van der Waals surface area (Å²) < 4.78 is 18.1. The van der Waals surface area contributed by atoms with Crippen LogP contribution in [0.1, 0.15) is 23.1 Å². The third-order valence-electron chi connectivity index (χ3n) is 3.51. The first kappa shape index (κ1) is 18.2. The van der Waals surface area contributed by atoms with Crippen LogP contribution in [0.4, 0.5) is 5.69 Å². The summed E-state index contributed by atoms with van der Waals surface area (Å²) in [6, 6.07) is 6.97. The van der Waals surface area contributed by atoms with E-state index in [0.717, 1.165) is 12.4 Å². The summed E-state index contributed by atoms with van der Waals surface area (Å²) in [5.41, 5.74) is 0.906. The fourth-order valence-corrected chi connectivity index (χ4v) is 2.97. The van der Waals surface area contributed by atoms with Crippen LogP contribution in [0, 0.1) is 12.8 Å². The Morgan fingerprint density at radius 3 is 2.71 bits per heavy atom. The van der Waals surface area contributed by atoms with Gasteiger partial charge in [-0.2, -0.15) is 4.36 Å². The molecule has 1 N–H and O–H groups in total. The van der Waals surface area contributed by atoms with Crippen molar-refractivity contribution in [2.75, 3.05) is 19.1 Å². The van der Waals surface area contributed by atoms with E-state index in [-0.39, 0.29) is 11.8 Å². The minimum atomic E-state index is -2.32. The van der Waals surface area contributed by atoms with E-state index in [9.17, 15) is 9.00 Å². The molecule has 24 heavy (non-hydrogen) atoms. The van der Waals surface area contributed by atoms with Gasteiger partial charge in [0.1, 0.15) is 5.82 Å². The molecule has 1 amide bonds. The Hall–Kier alpha value is -2.15. The number of aryl methyl sites for hydroxylation is 1. The highest BCUT2D eigenvalue weighted by atomic mass is 32.2. The van der Waals surface area contributed by atoms with Gasteiger partial charge < -0.3 is 9.88 Å². The van der Waals surface area contributed by atoms with Crippen molar-refractivity contribution in [2.24, 2.45) is 10.3 Å². The predicted octanol–water partition coefficient (Wildman–Crippen LogP) is 2.62. The predicted molar refractivity (Wildman–Crippen MR) is 97.0 cm³/mol. The molecular formula is C17H24N4O2S. The van der Waals surface area contributed by atoms with Gasteiger partial charge in [-0.3, -0.25) is 4.79 Å². The Balaban J connectivity index is 2.03. The summed E-state index contributed by atoms with van der Waals surface area (Å²) >= 11 is 0. The van der Waals surface area contributed by atoms with Crippen LogP contribution in [0.2, 0.25) is 0 Å². The van der Waals surface area contributed by atoms with Crippen LogP contribution in [-0.4, -0.2) is 38.7 Å². The van der Waals surface area contributed by atoms with Gasteiger partial charge in [0, 0.05) is 47.7 Å². The number of amides is 1. The van der Waals surface area contributed by atoms with Gasteiger partial charge in [-0.05, 0) is 25.0 Å². The first-order valence-corrected chi connectivity index (χ1v) is 10.1. The van der Waals surface area contributed by atoms with Gasteiger partial charge in [-0.25, -0.2) is 9.19 Å². The van der Waals surface area contributed by atoms with Gasteiger partial charge in [0.2, 0.25) is 0 Å². The molecule has 0 bridgehead atoms. The van der Waals surface area contributed by atoms with E-state index < -0.39 is 9.73 Å². The van der Waals surface area contributed by atoms with Gasteiger partial charge in [0.25, 0.3) is 5.91 Å². The minimum absolute atomic E-state index is 0.202. The average molecular weight is 348 g/mol. The normalized spacial score (nSPS) is 12.7. The molecule has 1 aromatic heterocycles. The number of carbonyl (C=O) groups is 1. The van der Waals surface area contributed by atoms with Crippen LogP contribution in [0.5, 0.6) is 0 Å². The molecule has 0 aliphatic carbocycles. The SMILES string of the molecule is Cc1nccn1CC(C)CNC(=O)c1ccccc1N=S(C)(C)=O. The molecule has 0 spiro atoms. The number of aromatic nitrogens is 2. The first-order chi connectivity index (χ1) is 11.3. The quantitative estimate of drug-likeness (QED) is 0.872. The molecule has 1 unspecified atom stereocenters. The van der Waals surface area contributed by atoms with Crippen molar-refractivity contribution in [3.8, 4) is 0 Å². The van der Waals surface area contributed by atoms with Crippen LogP contribution >= 0.6 is 0 Å². The van der Waals surface area contributed by atoms with Crippen molar-refractivity contribution < 1.29 is 9.00 Å². The number of rotatable bonds is 6. The molecule has 0 aliphatic heterocycles. The summed E-state index contributed by atoms with van der Waals surface area (Å²) in [5, 5.41) is 2.93. The number of imidazole rings is 1. The van der Waals surface area contributed by atoms with Gasteiger partial charge in [0.05, 0.1) is 11.3 Å². The maximum Gasteiger partial charge on any atom is 0.253 e. The minimum Gasteiger partial charge on any atom is -0.352 e. The van der Waals surface area contributed by atoms with Crippen molar-refractivity contribution in [3.63, 3.8) is 0 Å². The maximum absolute atomic E-state index is 12.4. The van der Waals surface area contributed by atoms with E-state index in [2.05, 4.69) is 26.2 Å². The average Bonchev–Trinajstić information content (AvgIpc) is 2.89. The smallest absolute Gasteiger partial charge is 0.253 e. The monoisotopic (exact) mass is 348 g/mol. The number of benzene rings is 1. The lowest BCUT2D eigenvalue weighted by Crippen LogP contribution is -2.30. The summed E-state index contributed by atoms with van der Waals surface area (Å²) in [4.78, 5) is 16.6. The topological polar surface area (TPSA) is 76.3 Å². The Labute approximate surface area is 143 Å². The van der Waals surface area contributed by atoms with Crippen LogP contribution in [0.15, 0.2) is 41.0 Å². The third-order valence-corrected chi connectivity index (χ3v) is 4.15. The van der Waals surface area contributed by atoms with Crippen molar-refractivity contribution in [3.05, 3.63) is 48.0 Å². The third kappa shape index (κ3) is 5.19. The summed E-state index contributed by atoms with van der Waals surface area (Å²) in [6.45, 7) is 5.35. The zero-order valence-corrected chi connectivity index (χ0v) is 15.3. The van der Waals surface area contributed by atoms with E-state index >= 15 is 0 Å². The fraction of sp³-hybridized carbons (Fsp3) is 0.412.